The first-order valence-electron chi connectivity index (χ1n) is 7.25. The summed E-state index contributed by atoms with van der Waals surface area (Å²) in [6.45, 7) is 2.08. The molecule has 4 amide bonds. The van der Waals surface area contributed by atoms with Crippen LogP contribution in [0.25, 0.3) is 0 Å². The molecule has 2 unspecified atom stereocenters. The zero-order chi connectivity index (χ0) is 13.6. The summed E-state index contributed by atoms with van der Waals surface area (Å²) >= 11 is 0. The van der Waals surface area contributed by atoms with Crippen molar-refractivity contribution in [1.29, 1.82) is 0 Å². The molecular formula is C14H20N2O3. The van der Waals surface area contributed by atoms with Crippen molar-refractivity contribution in [2.24, 2.45) is 11.3 Å². The van der Waals surface area contributed by atoms with E-state index >= 15 is 0 Å². The molecule has 3 rings (SSSR count). The zero-order valence-corrected chi connectivity index (χ0v) is 11.3. The maximum absolute atomic E-state index is 12.7. The van der Waals surface area contributed by atoms with E-state index in [4.69, 9.17) is 0 Å². The van der Waals surface area contributed by atoms with Crippen molar-refractivity contribution in [1.82, 2.24) is 10.2 Å². The predicted molar refractivity (Wildman–Crippen MR) is 68.1 cm³/mol. The number of nitrogens with zero attached hydrogens (tertiary/aromatic N) is 1. The van der Waals surface area contributed by atoms with Crippen LogP contribution in [0, 0.1) is 11.3 Å². The van der Waals surface area contributed by atoms with Crippen molar-refractivity contribution in [3.63, 3.8) is 0 Å². The zero-order valence-electron chi connectivity index (χ0n) is 11.3. The Balaban J connectivity index is 1.93. The van der Waals surface area contributed by atoms with Gasteiger partial charge >= 0.3 is 6.03 Å². The molecule has 0 radical (unpaired) electrons. The lowest BCUT2D eigenvalue weighted by atomic mass is 9.81. The normalized spacial score (nSPS) is 34.2. The van der Waals surface area contributed by atoms with Crippen LogP contribution in [-0.2, 0) is 9.59 Å². The second kappa shape index (κ2) is 4.32. The summed E-state index contributed by atoms with van der Waals surface area (Å²) in [5.74, 6) is -0.277. The third-order valence-corrected chi connectivity index (χ3v) is 5.11. The van der Waals surface area contributed by atoms with Gasteiger partial charge in [0.25, 0.3) is 0 Å². The van der Waals surface area contributed by atoms with Crippen LogP contribution in [0.3, 0.4) is 0 Å². The lowest BCUT2D eigenvalue weighted by molar-refractivity contribution is -0.153. The smallest absolute Gasteiger partial charge is 0.277 e. The summed E-state index contributed by atoms with van der Waals surface area (Å²) in [5, 5.41) is 2.42. The molecule has 104 valence electrons. The Morgan fingerprint density at radius 1 is 1.11 bits per heavy atom. The molecule has 5 nitrogen and oxygen atoms in total. The van der Waals surface area contributed by atoms with Crippen LogP contribution in [0.2, 0.25) is 0 Å². The molecule has 3 aliphatic rings. The minimum Gasteiger partial charge on any atom is -0.277 e. The van der Waals surface area contributed by atoms with Gasteiger partial charge in [0.1, 0.15) is 5.41 Å². The van der Waals surface area contributed by atoms with Gasteiger partial charge in [-0.2, -0.15) is 0 Å². The molecule has 1 heterocycles. The van der Waals surface area contributed by atoms with Gasteiger partial charge in [-0.1, -0.05) is 26.2 Å². The highest BCUT2D eigenvalue weighted by atomic mass is 16.2. The molecule has 0 aromatic heterocycles. The van der Waals surface area contributed by atoms with E-state index in [1.54, 1.807) is 0 Å². The van der Waals surface area contributed by atoms with Gasteiger partial charge in [-0.05, 0) is 31.6 Å². The SMILES string of the molecule is CC1CCCC1N1C(=O)NC(=O)C2(CCCC2)C1=O. The highest BCUT2D eigenvalue weighted by Gasteiger charge is 2.56. The van der Waals surface area contributed by atoms with E-state index in [2.05, 4.69) is 12.2 Å². The lowest BCUT2D eigenvalue weighted by Gasteiger charge is -2.40. The summed E-state index contributed by atoms with van der Waals surface area (Å²) in [6, 6.07) is -0.538. The number of rotatable bonds is 1. The Bertz CT molecular complexity index is 440. The number of imide groups is 2. The Morgan fingerprint density at radius 2 is 1.79 bits per heavy atom. The van der Waals surface area contributed by atoms with E-state index < -0.39 is 11.4 Å². The maximum Gasteiger partial charge on any atom is 0.331 e. The average Bonchev–Trinajstić information content (AvgIpc) is 2.98. The monoisotopic (exact) mass is 264 g/mol. The molecule has 2 saturated carbocycles. The topological polar surface area (TPSA) is 66.5 Å². The average molecular weight is 264 g/mol. The highest BCUT2D eigenvalue weighted by Crippen LogP contribution is 2.44. The minimum atomic E-state index is -0.948. The van der Waals surface area contributed by atoms with E-state index in [1.165, 1.54) is 4.90 Å². The molecule has 1 saturated heterocycles. The molecule has 19 heavy (non-hydrogen) atoms. The number of carbonyl (C=O) groups excluding carboxylic acids is 3. The maximum atomic E-state index is 12.7. The fourth-order valence-electron chi connectivity index (χ4n) is 3.93. The van der Waals surface area contributed by atoms with E-state index in [1.807, 2.05) is 0 Å². The van der Waals surface area contributed by atoms with Crippen LogP contribution in [-0.4, -0.2) is 28.8 Å². The molecule has 1 aliphatic heterocycles. The van der Waals surface area contributed by atoms with E-state index in [0.717, 1.165) is 32.1 Å². The molecule has 1 spiro atoms. The summed E-state index contributed by atoms with van der Waals surface area (Å²) in [4.78, 5) is 38.3. The second-order valence-electron chi connectivity index (χ2n) is 6.20. The van der Waals surface area contributed by atoms with Crippen molar-refractivity contribution in [2.45, 2.75) is 57.9 Å². The summed E-state index contributed by atoms with van der Waals surface area (Å²) < 4.78 is 0. The van der Waals surface area contributed by atoms with Gasteiger partial charge in [-0.3, -0.25) is 19.8 Å². The predicted octanol–water partition coefficient (Wildman–Crippen LogP) is 1.81. The first-order chi connectivity index (χ1) is 9.06. The van der Waals surface area contributed by atoms with E-state index in [-0.39, 0.29) is 17.9 Å². The number of urea groups is 1. The largest absolute Gasteiger partial charge is 0.331 e. The molecule has 0 aromatic carbocycles. The fraction of sp³-hybridized carbons (Fsp3) is 0.786. The molecule has 2 atom stereocenters. The molecular weight excluding hydrogens is 244 g/mol. The Morgan fingerprint density at radius 3 is 2.37 bits per heavy atom. The van der Waals surface area contributed by atoms with Crippen LogP contribution in [0.5, 0.6) is 0 Å². The van der Waals surface area contributed by atoms with Crippen molar-refractivity contribution in [3.8, 4) is 0 Å². The Kier molecular flexibility index (Phi) is 2.87. The van der Waals surface area contributed by atoms with Crippen LogP contribution in [0.15, 0.2) is 0 Å². The number of barbiturate groups is 1. The second-order valence-corrected chi connectivity index (χ2v) is 6.20. The third-order valence-electron chi connectivity index (χ3n) is 5.11. The summed E-state index contributed by atoms with van der Waals surface area (Å²) in [7, 11) is 0. The van der Waals surface area contributed by atoms with Gasteiger partial charge in [-0.25, -0.2) is 4.79 Å². The molecule has 1 N–H and O–H groups in total. The van der Waals surface area contributed by atoms with Gasteiger partial charge in [0.2, 0.25) is 11.8 Å². The Labute approximate surface area is 112 Å². The van der Waals surface area contributed by atoms with Gasteiger partial charge in [-0.15, -0.1) is 0 Å². The molecule has 5 heteroatoms. The third kappa shape index (κ3) is 1.70. The number of hydrogen-bond donors (Lipinski definition) is 1. The van der Waals surface area contributed by atoms with Gasteiger partial charge in [0.15, 0.2) is 0 Å². The first-order valence-corrected chi connectivity index (χ1v) is 7.25. The molecule has 2 aliphatic carbocycles. The standard InChI is InChI=1S/C14H20N2O3/c1-9-5-4-6-10(9)16-12(18)14(7-2-3-8-14)11(17)15-13(16)19/h9-10H,2-8H2,1H3,(H,15,17,19). The number of amides is 4. The van der Waals surface area contributed by atoms with E-state index in [0.29, 0.717) is 18.8 Å². The molecule has 0 bridgehead atoms. The van der Waals surface area contributed by atoms with Crippen molar-refractivity contribution < 1.29 is 14.4 Å². The number of nitrogens with one attached hydrogen (secondary N) is 1. The summed E-state index contributed by atoms with van der Waals surface area (Å²) in [5.41, 5.74) is -0.948. The summed E-state index contributed by atoms with van der Waals surface area (Å²) in [6.07, 6.45) is 5.91. The van der Waals surface area contributed by atoms with Crippen molar-refractivity contribution in [2.75, 3.05) is 0 Å². The Hall–Kier alpha value is -1.39. The van der Waals surface area contributed by atoms with Gasteiger partial charge in [0.05, 0.1) is 0 Å². The van der Waals surface area contributed by atoms with Crippen LogP contribution >= 0.6 is 0 Å². The lowest BCUT2D eigenvalue weighted by Crippen LogP contribution is -2.65. The van der Waals surface area contributed by atoms with Crippen LogP contribution < -0.4 is 5.32 Å². The van der Waals surface area contributed by atoms with E-state index in [9.17, 15) is 14.4 Å². The number of hydrogen-bond acceptors (Lipinski definition) is 3. The van der Waals surface area contributed by atoms with Crippen LogP contribution in [0.4, 0.5) is 4.79 Å². The van der Waals surface area contributed by atoms with Crippen molar-refractivity contribution >= 4 is 17.8 Å². The van der Waals surface area contributed by atoms with Crippen molar-refractivity contribution in [3.05, 3.63) is 0 Å². The molecule has 0 aromatic rings. The van der Waals surface area contributed by atoms with Gasteiger partial charge < -0.3 is 0 Å². The number of carbonyl (C=O) groups is 3. The van der Waals surface area contributed by atoms with Gasteiger partial charge in [0, 0.05) is 6.04 Å². The quantitative estimate of drug-likeness (QED) is 0.734. The van der Waals surface area contributed by atoms with Crippen LogP contribution in [0.1, 0.15) is 51.9 Å². The molecule has 3 fully saturated rings. The first kappa shape index (κ1) is 12.6. The minimum absolute atomic E-state index is 0.0296. The fourth-order valence-corrected chi connectivity index (χ4v) is 3.93. The highest BCUT2D eigenvalue weighted by molar-refractivity contribution is 6.19.